The monoisotopic (exact) mass is 186 g/mol. The van der Waals surface area contributed by atoms with E-state index < -0.39 is 0 Å². The van der Waals surface area contributed by atoms with E-state index in [2.05, 4.69) is 6.07 Å². The minimum Gasteiger partial charge on any atom is -0.459 e. The molecule has 1 heterocycles. The highest BCUT2D eigenvalue weighted by Gasteiger charge is 2.07. The number of nitrogens with zero attached hydrogens (tertiary/aromatic N) is 1. The molecule has 2 aromatic rings. The second kappa shape index (κ2) is 3.17. The van der Waals surface area contributed by atoms with Crippen LogP contribution in [0, 0.1) is 11.3 Å². The maximum Gasteiger partial charge on any atom is 0.134 e. The summed E-state index contributed by atoms with van der Waals surface area (Å²) in [6.45, 7) is 1.86. The third-order valence-corrected chi connectivity index (χ3v) is 2.11. The molecule has 2 rings (SSSR count). The van der Waals surface area contributed by atoms with Gasteiger partial charge in [-0.25, -0.2) is 0 Å². The SMILES string of the molecule is C[C@@H](N)c1cc2cc(C#N)ccc2o1. The second-order valence-electron chi connectivity index (χ2n) is 3.30. The molecular formula is C11H10N2O. The molecule has 0 amide bonds. The van der Waals surface area contributed by atoms with Crippen molar-refractivity contribution in [2.45, 2.75) is 13.0 Å². The van der Waals surface area contributed by atoms with Crippen LogP contribution < -0.4 is 5.73 Å². The normalized spacial score (nSPS) is 12.6. The van der Waals surface area contributed by atoms with E-state index in [0.29, 0.717) is 5.56 Å². The van der Waals surface area contributed by atoms with Gasteiger partial charge >= 0.3 is 0 Å². The van der Waals surface area contributed by atoms with Crippen LogP contribution in [-0.4, -0.2) is 0 Å². The predicted molar refractivity (Wildman–Crippen MR) is 53.5 cm³/mol. The molecule has 0 aliphatic carbocycles. The van der Waals surface area contributed by atoms with Crippen molar-refractivity contribution in [3.8, 4) is 6.07 Å². The summed E-state index contributed by atoms with van der Waals surface area (Å²) in [6, 6.07) is 9.16. The van der Waals surface area contributed by atoms with Crippen molar-refractivity contribution in [2.24, 2.45) is 5.73 Å². The Hall–Kier alpha value is -1.79. The van der Waals surface area contributed by atoms with Crippen molar-refractivity contribution >= 4 is 11.0 Å². The number of nitrogens with two attached hydrogens (primary N) is 1. The van der Waals surface area contributed by atoms with Gasteiger partial charge in [0.15, 0.2) is 0 Å². The molecule has 3 nitrogen and oxygen atoms in total. The molecule has 0 fully saturated rings. The maximum absolute atomic E-state index is 8.71. The first-order valence-corrected chi connectivity index (χ1v) is 4.40. The van der Waals surface area contributed by atoms with E-state index in [9.17, 15) is 0 Å². The first-order valence-electron chi connectivity index (χ1n) is 4.40. The molecule has 0 radical (unpaired) electrons. The van der Waals surface area contributed by atoms with Gasteiger partial charge in [0, 0.05) is 5.39 Å². The number of furan rings is 1. The van der Waals surface area contributed by atoms with Crippen molar-refractivity contribution in [1.29, 1.82) is 5.26 Å². The summed E-state index contributed by atoms with van der Waals surface area (Å²) in [5.74, 6) is 0.745. The largest absolute Gasteiger partial charge is 0.459 e. The zero-order valence-electron chi connectivity index (χ0n) is 7.82. The van der Waals surface area contributed by atoms with Crippen LogP contribution in [0.25, 0.3) is 11.0 Å². The molecule has 0 unspecified atom stereocenters. The maximum atomic E-state index is 8.71. The Morgan fingerprint density at radius 2 is 2.21 bits per heavy atom. The summed E-state index contributed by atoms with van der Waals surface area (Å²) < 4.78 is 5.49. The van der Waals surface area contributed by atoms with E-state index in [4.69, 9.17) is 15.4 Å². The van der Waals surface area contributed by atoms with Gasteiger partial charge in [-0.1, -0.05) is 0 Å². The minimum absolute atomic E-state index is 0.118. The third kappa shape index (κ3) is 1.36. The zero-order chi connectivity index (χ0) is 10.1. The molecule has 2 N–H and O–H groups in total. The van der Waals surface area contributed by atoms with Gasteiger partial charge in [-0.2, -0.15) is 5.26 Å². The molecule has 3 heteroatoms. The molecule has 0 saturated carbocycles. The molecule has 14 heavy (non-hydrogen) atoms. The van der Waals surface area contributed by atoms with Crippen molar-refractivity contribution in [3.05, 3.63) is 35.6 Å². The molecule has 1 aromatic carbocycles. The van der Waals surface area contributed by atoms with E-state index in [-0.39, 0.29) is 6.04 Å². The predicted octanol–water partition coefficient (Wildman–Crippen LogP) is 2.32. The number of benzene rings is 1. The van der Waals surface area contributed by atoms with Gasteiger partial charge in [0.2, 0.25) is 0 Å². The fourth-order valence-corrected chi connectivity index (χ4v) is 1.36. The first-order chi connectivity index (χ1) is 6.70. The Balaban J connectivity index is 2.61. The van der Waals surface area contributed by atoms with Crippen LogP contribution in [0.3, 0.4) is 0 Å². The Morgan fingerprint density at radius 3 is 2.86 bits per heavy atom. The lowest BCUT2D eigenvalue weighted by Crippen LogP contribution is -2.02. The van der Waals surface area contributed by atoms with Crippen molar-refractivity contribution in [3.63, 3.8) is 0 Å². The second-order valence-corrected chi connectivity index (χ2v) is 3.30. The number of hydrogen-bond donors (Lipinski definition) is 1. The number of rotatable bonds is 1. The van der Waals surface area contributed by atoms with Gasteiger partial charge in [0.25, 0.3) is 0 Å². The lowest BCUT2D eigenvalue weighted by Gasteiger charge is -1.96. The molecule has 0 saturated heterocycles. The first kappa shape index (κ1) is 8.79. The van der Waals surface area contributed by atoms with Crippen LogP contribution in [0.15, 0.2) is 28.7 Å². The van der Waals surface area contributed by atoms with Crippen LogP contribution in [-0.2, 0) is 0 Å². The van der Waals surface area contributed by atoms with E-state index in [0.717, 1.165) is 16.7 Å². The fraction of sp³-hybridized carbons (Fsp3) is 0.182. The van der Waals surface area contributed by atoms with Gasteiger partial charge in [0.1, 0.15) is 11.3 Å². The van der Waals surface area contributed by atoms with E-state index in [1.54, 1.807) is 18.2 Å². The molecule has 0 aliphatic heterocycles. The Bertz CT molecular complexity index is 505. The van der Waals surface area contributed by atoms with Crippen molar-refractivity contribution in [2.75, 3.05) is 0 Å². The average molecular weight is 186 g/mol. The molecule has 0 aliphatic rings. The summed E-state index contributed by atoms with van der Waals surface area (Å²) in [5, 5.41) is 9.63. The van der Waals surface area contributed by atoms with Gasteiger partial charge in [-0.15, -0.1) is 0 Å². The summed E-state index contributed by atoms with van der Waals surface area (Å²) >= 11 is 0. The minimum atomic E-state index is -0.118. The van der Waals surface area contributed by atoms with Crippen molar-refractivity contribution < 1.29 is 4.42 Å². The topological polar surface area (TPSA) is 63.0 Å². The van der Waals surface area contributed by atoms with Crippen LogP contribution in [0.5, 0.6) is 0 Å². The highest BCUT2D eigenvalue weighted by atomic mass is 16.3. The molecular weight excluding hydrogens is 176 g/mol. The van der Waals surface area contributed by atoms with Gasteiger partial charge in [-0.05, 0) is 31.2 Å². The standard InChI is InChI=1S/C11H10N2O/c1-7(13)11-5-9-4-8(6-12)2-3-10(9)14-11/h2-5,7H,13H2,1H3/t7-/m1/s1. The van der Waals surface area contributed by atoms with Gasteiger partial charge < -0.3 is 10.2 Å². The van der Waals surface area contributed by atoms with Crippen LogP contribution in [0.2, 0.25) is 0 Å². The van der Waals surface area contributed by atoms with Crippen LogP contribution in [0.1, 0.15) is 24.3 Å². The summed E-state index contributed by atoms with van der Waals surface area (Å²) in [7, 11) is 0. The summed E-state index contributed by atoms with van der Waals surface area (Å²) in [4.78, 5) is 0. The number of fused-ring (bicyclic) bond motifs is 1. The molecule has 70 valence electrons. The lowest BCUT2D eigenvalue weighted by molar-refractivity contribution is 0.513. The Labute approximate surface area is 81.7 Å². The molecule has 1 aromatic heterocycles. The van der Waals surface area contributed by atoms with Crippen LogP contribution in [0.4, 0.5) is 0 Å². The number of hydrogen-bond acceptors (Lipinski definition) is 3. The van der Waals surface area contributed by atoms with Crippen LogP contribution >= 0.6 is 0 Å². The van der Waals surface area contributed by atoms with E-state index >= 15 is 0 Å². The molecule has 0 spiro atoms. The lowest BCUT2D eigenvalue weighted by atomic mass is 10.1. The molecule has 1 atom stereocenters. The third-order valence-electron chi connectivity index (χ3n) is 2.11. The van der Waals surface area contributed by atoms with Gasteiger partial charge in [0.05, 0.1) is 17.7 Å². The Morgan fingerprint density at radius 1 is 1.43 bits per heavy atom. The Kier molecular flexibility index (Phi) is 1.99. The summed E-state index contributed by atoms with van der Waals surface area (Å²) in [5.41, 5.74) is 7.10. The highest BCUT2D eigenvalue weighted by molar-refractivity contribution is 5.79. The fourth-order valence-electron chi connectivity index (χ4n) is 1.36. The van der Waals surface area contributed by atoms with Gasteiger partial charge in [-0.3, -0.25) is 0 Å². The number of nitriles is 1. The smallest absolute Gasteiger partial charge is 0.134 e. The van der Waals surface area contributed by atoms with Crippen molar-refractivity contribution in [1.82, 2.24) is 0 Å². The average Bonchev–Trinajstić information content (AvgIpc) is 2.59. The molecule has 0 bridgehead atoms. The quantitative estimate of drug-likeness (QED) is 0.743. The zero-order valence-corrected chi connectivity index (χ0v) is 7.82. The highest BCUT2D eigenvalue weighted by Crippen LogP contribution is 2.23. The van der Waals surface area contributed by atoms with E-state index in [1.807, 2.05) is 13.0 Å². The van der Waals surface area contributed by atoms with E-state index in [1.165, 1.54) is 0 Å². The summed E-state index contributed by atoms with van der Waals surface area (Å²) in [6.07, 6.45) is 0.